The van der Waals surface area contributed by atoms with E-state index in [4.69, 9.17) is 4.74 Å². The van der Waals surface area contributed by atoms with Crippen molar-refractivity contribution in [2.75, 3.05) is 7.11 Å². The van der Waals surface area contributed by atoms with E-state index >= 15 is 0 Å². The van der Waals surface area contributed by atoms with Gasteiger partial charge in [0.2, 0.25) is 0 Å². The fraction of sp³-hybridized carbons (Fsp3) is 0.125. The van der Waals surface area contributed by atoms with Crippen LogP contribution in [0.5, 0.6) is 5.75 Å². The lowest BCUT2D eigenvalue weighted by Gasteiger charge is -2.07. The molecule has 0 aliphatic rings. The van der Waals surface area contributed by atoms with Crippen LogP contribution in [-0.2, 0) is 0 Å². The summed E-state index contributed by atoms with van der Waals surface area (Å²) < 4.78 is 7.48. The molecule has 0 bridgehead atoms. The number of benzene rings is 2. The zero-order valence-corrected chi connectivity index (χ0v) is 10.6. The molecular formula is C16H15NO. The van der Waals surface area contributed by atoms with Gasteiger partial charge in [-0.2, -0.15) is 0 Å². The number of nitrogens with zero attached hydrogens (tertiary/aromatic N) is 1. The van der Waals surface area contributed by atoms with Gasteiger partial charge in [-0.1, -0.05) is 24.3 Å². The lowest BCUT2D eigenvalue weighted by atomic mass is 10.2. The second kappa shape index (κ2) is 4.22. The van der Waals surface area contributed by atoms with Gasteiger partial charge < -0.3 is 9.30 Å². The van der Waals surface area contributed by atoms with Gasteiger partial charge in [-0.15, -0.1) is 0 Å². The summed E-state index contributed by atoms with van der Waals surface area (Å²) in [6, 6.07) is 16.5. The van der Waals surface area contributed by atoms with E-state index in [0.29, 0.717) is 0 Å². The van der Waals surface area contributed by atoms with Gasteiger partial charge in [0.05, 0.1) is 12.6 Å². The van der Waals surface area contributed by atoms with E-state index in [2.05, 4.69) is 48.0 Å². The van der Waals surface area contributed by atoms with Gasteiger partial charge in [0.1, 0.15) is 5.75 Å². The van der Waals surface area contributed by atoms with Crippen molar-refractivity contribution in [3.63, 3.8) is 0 Å². The first-order valence-electron chi connectivity index (χ1n) is 6.01. The molecule has 0 unspecified atom stereocenters. The molecule has 0 fully saturated rings. The lowest BCUT2D eigenvalue weighted by molar-refractivity contribution is 0.414. The molecule has 3 aromatic rings. The molecule has 0 saturated heterocycles. The van der Waals surface area contributed by atoms with Crippen molar-refractivity contribution in [1.29, 1.82) is 0 Å². The van der Waals surface area contributed by atoms with E-state index in [0.717, 1.165) is 11.4 Å². The molecule has 0 atom stereocenters. The predicted octanol–water partition coefficient (Wildman–Crippen LogP) is 3.95. The highest BCUT2D eigenvalue weighted by atomic mass is 16.5. The topological polar surface area (TPSA) is 14.2 Å². The number of fused-ring (bicyclic) bond motifs is 1. The highest BCUT2D eigenvalue weighted by Gasteiger charge is 2.06. The van der Waals surface area contributed by atoms with Gasteiger partial charge in [-0.25, -0.2) is 0 Å². The normalized spacial score (nSPS) is 10.8. The largest absolute Gasteiger partial charge is 0.497 e. The molecule has 0 radical (unpaired) electrons. The number of hydrogen-bond acceptors (Lipinski definition) is 1. The second-order valence-electron chi connectivity index (χ2n) is 4.40. The summed E-state index contributed by atoms with van der Waals surface area (Å²) in [5.41, 5.74) is 3.63. The SMILES string of the molecule is COc1cccc(-n2cc(C)c3ccccc32)c1. The first kappa shape index (κ1) is 10.9. The molecule has 2 aromatic carbocycles. The van der Waals surface area contributed by atoms with Crippen LogP contribution in [0.15, 0.2) is 54.7 Å². The van der Waals surface area contributed by atoms with Gasteiger partial charge in [0, 0.05) is 23.3 Å². The maximum Gasteiger partial charge on any atom is 0.120 e. The Morgan fingerprint density at radius 3 is 2.67 bits per heavy atom. The van der Waals surface area contributed by atoms with E-state index in [1.165, 1.54) is 16.5 Å². The molecule has 0 saturated carbocycles. The van der Waals surface area contributed by atoms with Crippen molar-refractivity contribution in [2.45, 2.75) is 6.92 Å². The van der Waals surface area contributed by atoms with Crippen molar-refractivity contribution in [3.8, 4) is 11.4 Å². The minimum Gasteiger partial charge on any atom is -0.497 e. The highest BCUT2D eigenvalue weighted by molar-refractivity contribution is 5.85. The van der Waals surface area contributed by atoms with Crippen LogP contribution in [0.1, 0.15) is 5.56 Å². The average molecular weight is 237 g/mol. The van der Waals surface area contributed by atoms with Crippen molar-refractivity contribution in [3.05, 3.63) is 60.3 Å². The molecule has 0 amide bonds. The van der Waals surface area contributed by atoms with Crippen molar-refractivity contribution >= 4 is 10.9 Å². The number of para-hydroxylation sites is 1. The summed E-state index contributed by atoms with van der Waals surface area (Å²) >= 11 is 0. The molecule has 0 aliphatic heterocycles. The standard InChI is InChI=1S/C16H15NO/c1-12-11-17(16-9-4-3-8-15(12)16)13-6-5-7-14(10-13)18-2/h3-11H,1-2H3. The first-order valence-corrected chi connectivity index (χ1v) is 6.01. The van der Waals surface area contributed by atoms with Crippen LogP contribution in [0.2, 0.25) is 0 Å². The summed E-state index contributed by atoms with van der Waals surface area (Å²) in [5, 5.41) is 1.29. The first-order chi connectivity index (χ1) is 8.79. The minimum atomic E-state index is 0.878. The van der Waals surface area contributed by atoms with E-state index < -0.39 is 0 Å². The van der Waals surface area contributed by atoms with Crippen molar-refractivity contribution in [2.24, 2.45) is 0 Å². The summed E-state index contributed by atoms with van der Waals surface area (Å²) in [6.45, 7) is 2.14. The average Bonchev–Trinajstić information content (AvgIpc) is 2.77. The molecule has 2 nitrogen and oxygen atoms in total. The third kappa shape index (κ3) is 1.66. The molecular weight excluding hydrogens is 222 g/mol. The van der Waals surface area contributed by atoms with Gasteiger partial charge >= 0.3 is 0 Å². The molecule has 1 heterocycles. The Morgan fingerprint density at radius 1 is 1.00 bits per heavy atom. The van der Waals surface area contributed by atoms with E-state index in [9.17, 15) is 0 Å². The smallest absolute Gasteiger partial charge is 0.120 e. The molecule has 3 rings (SSSR count). The maximum atomic E-state index is 5.28. The van der Waals surface area contributed by atoms with Crippen molar-refractivity contribution in [1.82, 2.24) is 4.57 Å². The van der Waals surface area contributed by atoms with Crippen LogP contribution in [-0.4, -0.2) is 11.7 Å². The third-order valence-corrected chi connectivity index (χ3v) is 3.24. The van der Waals surface area contributed by atoms with Crippen LogP contribution in [0.3, 0.4) is 0 Å². The van der Waals surface area contributed by atoms with Gasteiger partial charge in [0.25, 0.3) is 0 Å². The number of rotatable bonds is 2. The monoisotopic (exact) mass is 237 g/mol. The van der Waals surface area contributed by atoms with Crippen LogP contribution < -0.4 is 4.74 Å². The van der Waals surface area contributed by atoms with Gasteiger partial charge in [0.15, 0.2) is 0 Å². The fourth-order valence-corrected chi connectivity index (χ4v) is 2.32. The van der Waals surface area contributed by atoms with Crippen LogP contribution in [0.25, 0.3) is 16.6 Å². The lowest BCUT2D eigenvalue weighted by Crippen LogP contribution is -1.92. The van der Waals surface area contributed by atoms with Crippen LogP contribution >= 0.6 is 0 Å². The van der Waals surface area contributed by atoms with E-state index in [1.54, 1.807) is 7.11 Å². The Bertz CT molecular complexity index is 697. The summed E-state index contributed by atoms with van der Waals surface area (Å²) in [4.78, 5) is 0. The van der Waals surface area contributed by atoms with Crippen molar-refractivity contribution < 1.29 is 4.74 Å². The summed E-state index contributed by atoms with van der Waals surface area (Å²) in [7, 11) is 1.69. The number of methoxy groups -OCH3 is 1. The summed E-state index contributed by atoms with van der Waals surface area (Å²) in [5.74, 6) is 0.878. The number of ether oxygens (including phenoxy) is 1. The Balaban J connectivity index is 2.25. The Labute approximate surface area is 106 Å². The number of hydrogen-bond donors (Lipinski definition) is 0. The minimum absolute atomic E-state index is 0.878. The zero-order valence-electron chi connectivity index (χ0n) is 10.6. The quantitative estimate of drug-likeness (QED) is 0.658. The molecule has 0 aliphatic carbocycles. The number of aromatic nitrogens is 1. The summed E-state index contributed by atoms with van der Waals surface area (Å²) in [6.07, 6.45) is 2.17. The van der Waals surface area contributed by atoms with Gasteiger partial charge in [-0.3, -0.25) is 0 Å². The second-order valence-corrected chi connectivity index (χ2v) is 4.40. The van der Waals surface area contributed by atoms with E-state index in [1.807, 2.05) is 18.2 Å². The third-order valence-electron chi connectivity index (χ3n) is 3.24. The Kier molecular flexibility index (Phi) is 2.56. The Morgan fingerprint density at radius 2 is 1.83 bits per heavy atom. The van der Waals surface area contributed by atoms with Crippen LogP contribution in [0.4, 0.5) is 0 Å². The molecule has 0 spiro atoms. The predicted molar refractivity (Wildman–Crippen MR) is 74.6 cm³/mol. The highest BCUT2D eigenvalue weighted by Crippen LogP contribution is 2.25. The molecule has 0 N–H and O–H groups in total. The molecule has 90 valence electrons. The molecule has 18 heavy (non-hydrogen) atoms. The number of aryl methyl sites for hydroxylation is 1. The fourth-order valence-electron chi connectivity index (χ4n) is 2.32. The van der Waals surface area contributed by atoms with E-state index in [-0.39, 0.29) is 0 Å². The van der Waals surface area contributed by atoms with Crippen LogP contribution in [0, 0.1) is 6.92 Å². The molecule has 1 aromatic heterocycles. The zero-order chi connectivity index (χ0) is 12.5. The maximum absolute atomic E-state index is 5.28. The molecule has 2 heteroatoms. The Hall–Kier alpha value is -2.22. The van der Waals surface area contributed by atoms with Gasteiger partial charge in [-0.05, 0) is 30.7 Å².